The highest BCUT2D eigenvalue weighted by Crippen LogP contribution is 2.36. The number of rotatable bonds is 43. The number of methoxy groups -OCH3 is 1. The van der Waals surface area contributed by atoms with E-state index >= 15 is 0 Å². The van der Waals surface area contributed by atoms with E-state index in [0.29, 0.717) is 108 Å². The van der Waals surface area contributed by atoms with Gasteiger partial charge < -0.3 is 93.2 Å². The van der Waals surface area contributed by atoms with Crippen LogP contribution in [0.25, 0.3) is 0 Å². The Morgan fingerprint density at radius 1 is 0.396 bits per heavy atom. The second kappa shape index (κ2) is 73.8. The van der Waals surface area contributed by atoms with Crippen LogP contribution in [-0.2, 0) is 18.9 Å². The zero-order chi connectivity index (χ0) is 109. The van der Waals surface area contributed by atoms with Crippen LogP contribution in [0.3, 0.4) is 0 Å². The molecule has 7 amide bonds. The molecule has 0 radical (unpaired) electrons. The molecule has 0 aromatic heterocycles. The third-order valence-corrected chi connectivity index (χ3v) is 27.2. The molecule has 828 valence electrons. The molecular weight excluding hydrogens is 2070 g/mol. The number of hydrogen-bond donors (Lipinski definition) is 12. The number of ether oxygens (including phenoxy) is 4. The van der Waals surface area contributed by atoms with Crippen molar-refractivity contribution in [1.82, 2.24) is 42.5 Å². The van der Waals surface area contributed by atoms with Crippen molar-refractivity contribution >= 4 is 143 Å². The number of likely N-dealkylation sites (N-methyl/N-ethyl adjacent to an activating group) is 1. The number of benzene rings is 7. The van der Waals surface area contributed by atoms with Gasteiger partial charge in [0.25, 0.3) is 17.7 Å². The first-order valence-corrected chi connectivity index (χ1v) is 57.2. The van der Waals surface area contributed by atoms with E-state index < -0.39 is 35.0 Å². The number of amides is 7. The molecule has 0 saturated heterocycles. The fourth-order valence-corrected chi connectivity index (χ4v) is 19.9. The Kier molecular flexibility index (Phi) is 64.4. The summed E-state index contributed by atoms with van der Waals surface area (Å²) in [5.74, 6) is 2.23. The number of anilines is 5. The zero-order valence-electron chi connectivity index (χ0n) is 91.5. The van der Waals surface area contributed by atoms with Gasteiger partial charge in [-0.25, -0.2) is 24.0 Å². The molecule has 0 unspecified atom stereocenters. The van der Waals surface area contributed by atoms with Crippen molar-refractivity contribution in [2.75, 3.05) is 88.2 Å². The fourth-order valence-electron chi connectivity index (χ4n) is 18.5. The number of carbonyl (C=O) groups is 8. The molecule has 4 fully saturated rings. The number of carboxylic acids is 1. The molecule has 7 aromatic carbocycles. The summed E-state index contributed by atoms with van der Waals surface area (Å²) in [5.41, 5.74) is 16.8. The number of carbonyl (C=O) groups excluding carboxylic acids is 7. The molecule has 0 bridgehead atoms. The second-order valence-corrected chi connectivity index (χ2v) is 45.3. The van der Waals surface area contributed by atoms with Gasteiger partial charge >= 0.3 is 30.3 Å². The predicted octanol–water partition coefficient (Wildman–Crippen LogP) is 28.9. The molecule has 31 heteroatoms. The van der Waals surface area contributed by atoms with Gasteiger partial charge in [0.2, 0.25) is 0 Å². The van der Waals surface area contributed by atoms with E-state index in [1.807, 2.05) is 215 Å². The first-order chi connectivity index (χ1) is 71.2. The summed E-state index contributed by atoms with van der Waals surface area (Å²) >= 11 is 25.1. The SMILES string of the molecule is CC(C)(C)OC(=O)NCCCN.CC(C)(C)OC(=O)NCCCNc1cccc(Cl)c1.CCC[C@@H](N)CC1CCCCC1.CCC[C@H](CC1CCCCC1)NC(=O)c1cccc(Br)c1.CCC[C@H](CC1CCCCC1)NC(=O)c1cccc(N(CCCNC(=O)OC(C)(C)C)c2cccc(Cl)c2)c1.CNC[C@H](CC1CCCCC1)NC(=O)c1cccc(N(CCCNC(=O)OC)c2cccc(Cl)c2)c1.O=C(O)c1cccc(Br)c1. The van der Waals surface area contributed by atoms with Crippen molar-refractivity contribution < 1.29 is 62.4 Å². The normalized spacial score (nSPS) is 14.6. The number of nitrogens with two attached hydrogens (primary N) is 2. The van der Waals surface area contributed by atoms with Crippen molar-refractivity contribution in [2.45, 2.75) is 342 Å². The van der Waals surface area contributed by atoms with Gasteiger partial charge in [0.05, 0.1) is 12.7 Å². The molecule has 4 aliphatic rings. The van der Waals surface area contributed by atoms with Gasteiger partial charge in [-0.05, 0) is 298 Å². The van der Waals surface area contributed by atoms with Gasteiger partial charge in [0.1, 0.15) is 16.8 Å². The number of nitrogens with one attached hydrogen (secondary N) is 9. The van der Waals surface area contributed by atoms with Crippen LogP contribution < -0.4 is 69.1 Å². The molecule has 14 N–H and O–H groups in total. The first-order valence-electron chi connectivity index (χ1n) is 54.4. The predicted molar refractivity (Wildman–Crippen MR) is 621 cm³/mol. The van der Waals surface area contributed by atoms with Gasteiger partial charge in [-0.3, -0.25) is 14.4 Å². The molecule has 149 heavy (non-hydrogen) atoms. The Morgan fingerprint density at radius 2 is 0.718 bits per heavy atom. The summed E-state index contributed by atoms with van der Waals surface area (Å²) in [6, 6.07) is 53.6. The molecule has 26 nitrogen and oxygen atoms in total. The minimum absolute atomic E-state index is 0.0243. The summed E-state index contributed by atoms with van der Waals surface area (Å²) in [7, 11) is 3.28. The number of hydrogen-bond acceptors (Lipinski definition) is 18. The summed E-state index contributed by atoms with van der Waals surface area (Å²) in [5, 5.41) is 37.6. The Morgan fingerprint density at radius 3 is 1.07 bits per heavy atom. The lowest BCUT2D eigenvalue weighted by atomic mass is 9.84. The van der Waals surface area contributed by atoms with Crippen LogP contribution in [0.4, 0.5) is 47.6 Å². The lowest BCUT2D eigenvalue weighted by Gasteiger charge is -2.28. The van der Waals surface area contributed by atoms with Crippen LogP contribution in [0, 0.1) is 23.7 Å². The van der Waals surface area contributed by atoms with E-state index in [9.17, 15) is 38.4 Å². The van der Waals surface area contributed by atoms with Crippen LogP contribution in [-0.4, -0.2) is 167 Å². The number of alkyl carbamates (subject to hydrolysis) is 4. The number of halogens is 5. The maximum absolute atomic E-state index is 13.4. The van der Waals surface area contributed by atoms with Gasteiger partial charge in [-0.2, -0.15) is 0 Å². The maximum Gasteiger partial charge on any atom is 0.407 e. The van der Waals surface area contributed by atoms with E-state index in [2.05, 4.69) is 115 Å². The van der Waals surface area contributed by atoms with Crippen molar-refractivity contribution in [3.8, 4) is 0 Å². The zero-order valence-corrected chi connectivity index (χ0v) is 96.9. The average Bonchev–Trinajstić information content (AvgIpc) is 0.821. The largest absolute Gasteiger partial charge is 0.478 e. The monoisotopic (exact) mass is 2250 g/mol. The maximum atomic E-state index is 13.4. The van der Waals surface area contributed by atoms with Crippen molar-refractivity contribution in [3.05, 3.63) is 216 Å². The van der Waals surface area contributed by atoms with Crippen molar-refractivity contribution in [2.24, 2.45) is 35.1 Å². The lowest BCUT2D eigenvalue weighted by molar-refractivity contribution is 0.0516. The van der Waals surface area contributed by atoms with Gasteiger partial charge in [0, 0.05) is 146 Å². The fraction of sp³-hybridized carbons (Fsp3) is 0.576. The molecule has 4 saturated carbocycles. The topological polar surface area (TPSA) is 360 Å². The summed E-state index contributed by atoms with van der Waals surface area (Å²) in [6.45, 7) is 28.6. The number of carboxylic acid groups (broad SMARTS) is 1. The van der Waals surface area contributed by atoms with E-state index in [1.165, 1.54) is 155 Å². The van der Waals surface area contributed by atoms with Gasteiger partial charge in [-0.15, -0.1) is 0 Å². The van der Waals surface area contributed by atoms with Crippen LogP contribution in [0.2, 0.25) is 15.1 Å². The van der Waals surface area contributed by atoms with Crippen LogP contribution in [0.15, 0.2) is 179 Å². The average molecular weight is 2250 g/mol. The highest BCUT2D eigenvalue weighted by Gasteiger charge is 2.28. The van der Waals surface area contributed by atoms with E-state index in [1.54, 1.807) is 24.3 Å². The minimum Gasteiger partial charge on any atom is -0.478 e. The standard InChI is InChI=1S/C32H46ClN3O3.C28H39ClN4O3.C18H26BrNO.C14H21ClN2O2.C11H23N.C8H18N2O2.C7H5BrO2/c1-5-12-27(21-24-13-7-6-8-14-24)35-30(37)25-15-9-17-28(22-25)36(29-18-10-16-26(33)23-29)20-11-19-34-31(38)39-32(2,3)4;1-30-20-24(17-21-9-4-3-5-10-21)32-27(34)22-11-6-13-25(18-22)33(16-8-15-31-28(35)36-2)26-14-7-12-23(29)19-26;1-2-7-17(12-14-8-4-3-5-9-14)20-18(21)15-10-6-11-16(19)13-15;1-14(2,3)19-13(18)17-9-5-8-16-12-7-4-6-11(15)10-12;1-2-6-11(12)9-10-7-4-3-5-8-10;1-8(2,3)12-7(11)10-6-4-5-9;8-6-3-1-2-5(4-6)7(9)10/h9-10,15-18,22-24,27H,5-8,11-14,19-21H2,1-4H3,(H,34,38)(H,35,37);6-7,11-14,18-19,21,24,30H,3-5,8-10,15-17,20H2,1-2H3,(H,31,35)(H,32,34);6,10-11,13-14,17H,2-5,7-9,12H2,1H3,(H,20,21);4,6-7,10,16H,5,8-9H2,1-3H3,(H,17,18);10-11H,2-9,12H2,1H3;4-6,9H2,1-3H3,(H,10,11);1-4H,(H,9,10)/t27-;24-;17-;;11-;;/m101.1../s1. The van der Waals surface area contributed by atoms with E-state index in [4.69, 9.17) is 65.6 Å². The summed E-state index contributed by atoms with van der Waals surface area (Å²) in [4.78, 5) is 99.4. The Balaban J connectivity index is 0.000000323. The Bertz CT molecular complexity index is 4980. The molecule has 0 aliphatic heterocycles. The molecule has 7 aromatic rings. The van der Waals surface area contributed by atoms with Gasteiger partial charge in [0.15, 0.2) is 0 Å². The third-order valence-electron chi connectivity index (χ3n) is 25.5. The first kappa shape index (κ1) is 130. The van der Waals surface area contributed by atoms with Crippen LogP contribution in [0.5, 0.6) is 0 Å². The van der Waals surface area contributed by atoms with Crippen molar-refractivity contribution in [1.29, 1.82) is 0 Å². The second-order valence-electron chi connectivity index (χ2n) is 42.2. The molecule has 0 spiro atoms. The minimum atomic E-state index is -0.902. The van der Waals surface area contributed by atoms with E-state index in [-0.39, 0.29) is 42.0 Å². The Labute approximate surface area is 923 Å². The van der Waals surface area contributed by atoms with Crippen LogP contribution in [0.1, 0.15) is 343 Å². The lowest BCUT2D eigenvalue weighted by Crippen LogP contribution is -2.42. The molecular formula is C118H178Br2Cl3N13O13. The third kappa shape index (κ3) is 59.4. The number of aromatic carboxylic acids is 1. The quantitative estimate of drug-likeness (QED) is 0.0125. The number of nitrogens with zero attached hydrogens (tertiary/aromatic N) is 2. The highest BCUT2D eigenvalue weighted by molar-refractivity contribution is 9.10. The van der Waals surface area contributed by atoms with Crippen molar-refractivity contribution in [3.63, 3.8) is 0 Å². The summed E-state index contributed by atoms with van der Waals surface area (Å²) < 4.78 is 21.9. The smallest absolute Gasteiger partial charge is 0.407 e. The summed E-state index contributed by atoms with van der Waals surface area (Å²) in [6.07, 6.45) is 39.5. The van der Waals surface area contributed by atoms with Gasteiger partial charge in [-0.1, -0.05) is 278 Å². The molecule has 0 heterocycles. The highest BCUT2D eigenvalue weighted by atomic mass is 79.9. The molecule has 4 aliphatic carbocycles. The molecule has 4 atom stereocenters. The Hall–Kier alpha value is -9.39. The molecule has 11 rings (SSSR count). The van der Waals surface area contributed by atoms with E-state index in [0.717, 1.165) is 132 Å². The van der Waals surface area contributed by atoms with Crippen LogP contribution >= 0.6 is 66.7 Å².